The van der Waals surface area contributed by atoms with Gasteiger partial charge in [-0.2, -0.15) is 0 Å². The van der Waals surface area contributed by atoms with Crippen LogP contribution in [0.3, 0.4) is 0 Å². The summed E-state index contributed by atoms with van der Waals surface area (Å²) < 4.78 is 15.5. The quantitative estimate of drug-likeness (QED) is 0.537. The predicted octanol–water partition coefficient (Wildman–Crippen LogP) is 1.22. The molecule has 5 nitrogen and oxygen atoms in total. The summed E-state index contributed by atoms with van der Waals surface area (Å²) in [6, 6.07) is 0. The molecule has 1 amide bonds. The van der Waals surface area contributed by atoms with E-state index in [1.807, 2.05) is 6.92 Å². The molecular weight excluding hydrogens is 234 g/mol. The smallest absolute Gasteiger partial charge is 0.245 e. The number of rotatable bonds is 12. The maximum Gasteiger partial charge on any atom is 0.245 e. The van der Waals surface area contributed by atoms with Crippen LogP contribution in [0.2, 0.25) is 0 Å². The van der Waals surface area contributed by atoms with Crippen LogP contribution in [0.1, 0.15) is 27.2 Å². The third kappa shape index (κ3) is 13.4. The lowest BCUT2D eigenvalue weighted by molar-refractivity contribution is -0.126. The average molecular weight is 261 g/mol. The summed E-state index contributed by atoms with van der Waals surface area (Å²) in [5.41, 5.74) is 0. The number of carbonyl (C=O) groups excluding carboxylic acids is 1. The number of hydrogen-bond donors (Lipinski definition) is 1. The molecule has 0 saturated carbocycles. The molecule has 0 fully saturated rings. The van der Waals surface area contributed by atoms with Crippen molar-refractivity contribution in [2.75, 3.05) is 46.2 Å². The van der Waals surface area contributed by atoms with E-state index < -0.39 is 0 Å². The van der Waals surface area contributed by atoms with Crippen molar-refractivity contribution in [3.8, 4) is 0 Å². The topological polar surface area (TPSA) is 56.8 Å². The van der Waals surface area contributed by atoms with E-state index in [9.17, 15) is 4.79 Å². The molecule has 0 aliphatic rings. The Morgan fingerprint density at radius 3 is 2.28 bits per heavy atom. The number of ether oxygens (including phenoxy) is 3. The Morgan fingerprint density at radius 2 is 1.67 bits per heavy atom. The highest BCUT2D eigenvalue weighted by atomic mass is 16.5. The minimum Gasteiger partial charge on any atom is -0.379 e. The van der Waals surface area contributed by atoms with E-state index in [0.717, 1.165) is 6.42 Å². The summed E-state index contributed by atoms with van der Waals surface area (Å²) in [5, 5.41) is 2.81. The van der Waals surface area contributed by atoms with E-state index in [2.05, 4.69) is 19.2 Å². The summed E-state index contributed by atoms with van der Waals surface area (Å²) in [6.45, 7) is 9.82. The fraction of sp³-hybridized carbons (Fsp3) is 0.923. The van der Waals surface area contributed by atoms with Crippen molar-refractivity contribution < 1.29 is 19.0 Å². The van der Waals surface area contributed by atoms with Crippen LogP contribution in [0.5, 0.6) is 0 Å². The lowest BCUT2D eigenvalue weighted by Gasteiger charge is -2.08. The SMILES string of the molecule is CCOCCOCCOCC(=O)NCCC(C)C. The molecule has 108 valence electrons. The molecule has 0 radical (unpaired) electrons. The maximum atomic E-state index is 11.3. The normalized spacial score (nSPS) is 10.9. The molecule has 0 atom stereocenters. The van der Waals surface area contributed by atoms with Gasteiger partial charge in [0.15, 0.2) is 0 Å². The minimum atomic E-state index is -0.0648. The molecule has 0 spiro atoms. The van der Waals surface area contributed by atoms with E-state index in [0.29, 0.717) is 45.5 Å². The van der Waals surface area contributed by atoms with Gasteiger partial charge in [-0.25, -0.2) is 0 Å². The van der Waals surface area contributed by atoms with E-state index in [1.54, 1.807) is 0 Å². The fourth-order valence-corrected chi connectivity index (χ4v) is 1.20. The third-order valence-corrected chi connectivity index (χ3v) is 2.23. The Kier molecular flexibility index (Phi) is 12.3. The van der Waals surface area contributed by atoms with Gasteiger partial charge in [0, 0.05) is 13.2 Å². The maximum absolute atomic E-state index is 11.3. The van der Waals surface area contributed by atoms with Crippen LogP contribution in [0.15, 0.2) is 0 Å². The van der Waals surface area contributed by atoms with Gasteiger partial charge in [0.25, 0.3) is 0 Å². The van der Waals surface area contributed by atoms with Gasteiger partial charge in [-0.1, -0.05) is 13.8 Å². The fourth-order valence-electron chi connectivity index (χ4n) is 1.20. The Morgan fingerprint density at radius 1 is 1.06 bits per heavy atom. The second-order valence-electron chi connectivity index (χ2n) is 4.39. The molecular formula is C13H27NO4. The first-order chi connectivity index (χ1) is 8.66. The van der Waals surface area contributed by atoms with Crippen molar-refractivity contribution in [1.82, 2.24) is 5.32 Å². The summed E-state index contributed by atoms with van der Waals surface area (Å²) in [5.74, 6) is 0.537. The van der Waals surface area contributed by atoms with E-state index in [1.165, 1.54) is 0 Å². The number of carbonyl (C=O) groups is 1. The molecule has 0 aromatic carbocycles. The predicted molar refractivity (Wildman–Crippen MR) is 70.6 cm³/mol. The summed E-state index contributed by atoms with van der Waals surface area (Å²) in [4.78, 5) is 11.3. The molecule has 0 aromatic heterocycles. The molecule has 0 unspecified atom stereocenters. The van der Waals surface area contributed by atoms with Gasteiger partial charge in [0.05, 0.1) is 26.4 Å². The monoisotopic (exact) mass is 261 g/mol. The van der Waals surface area contributed by atoms with Crippen LogP contribution in [0, 0.1) is 5.92 Å². The zero-order valence-electron chi connectivity index (χ0n) is 11.9. The van der Waals surface area contributed by atoms with Gasteiger partial charge >= 0.3 is 0 Å². The van der Waals surface area contributed by atoms with Crippen molar-refractivity contribution in [2.24, 2.45) is 5.92 Å². The van der Waals surface area contributed by atoms with Crippen LogP contribution in [-0.4, -0.2) is 52.1 Å². The molecule has 0 aliphatic heterocycles. The van der Waals surface area contributed by atoms with Crippen LogP contribution in [-0.2, 0) is 19.0 Å². The third-order valence-electron chi connectivity index (χ3n) is 2.23. The van der Waals surface area contributed by atoms with Gasteiger partial charge in [-0.15, -0.1) is 0 Å². The first-order valence-electron chi connectivity index (χ1n) is 6.66. The summed E-state index contributed by atoms with van der Waals surface area (Å²) >= 11 is 0. The van der Waals surface area contributed by atoms with Crippen LogP contribution in [0.25, 0.3) is 0 Å². The molecule has 18 heavy (non-hydrogen) atoms. The summed E-state index contributed by atoms with van der Waals surface area (Å²) in [7, 11) is 0. The van der Waals surface area contributed by atoms with E-state index >= 15 is 0 Å². The van der Waals surface area contributed by atoms with Gasteiger partial charge in [0.1, 0.15) is 6.61 Å². The average Bonchev–Trinajstić information content (AvgIpc) is 2.32. The number of amides is 1. The van der Waals surface area contributed by atoms with Gasteiger partial charge in [-0.05, 0) is 19.3 Å². The van der Waals surface area contributed by atoms with Crippen LogP contribution < -0.4 is 5.32 Å². The largest absolute Gasteiger partial charge is 0.379 e. The van der Waals surface area contributed by atoms with Crippen molar-refractivity contribution in [3.63, 3.8) is 0 Å². The molecule has 0 aromatic rings. The molecule has 5 heteroatoms. The van der Waals surface area contributed by atoms with Gasteiger partial charge in [0.2, 0.25) is 5.91 Å². The highest BCUT2D eigenvalue weighted by Crippen LogP contribution is 1.95. The lowest BCUT2D eigenvalue weighted by atomic mass is 10.1. The molecule has 0 rings (SSSR count). The highest BCUT2D eigenvalue weighted by molar-refractivity contribution is 5.77. The summed E-state index contributed by atoms with van der Waals surface area (Å²) in [6.07, 6.45) is 0.992. The molecule has 0 bridgehead atoms. The number of nitrogens with one attached hydrogen (secondary N) is 1. The molecule has 0 saturated heterocycles. The standard InChI is InChI=1S/C13H27NO4/c1-4-16-7-8-17-9-10-18-11-13(15)14-6-5-12(2)3/h12H,4-11H2,1-3H3,(H,14,15). The Hall–Kier alpha value is -0.650. The first-order valence-corrected chi connectivity index (χ1v) is 6.66. The van der Waals surface area contributed by atoms with Crippen molar-refractivity contribution in [3.05, 3.63) is 0 Å². The van der Waals surface area contributed by atoms with Crippen LogP contribution >= 0.6 is 0 Å². The Balaban J connectivity index is 3.15. The van der Waals surface area contributed by atoms with Crippen molar-refractivity contribution in [2.45, 2.75) is 27.2 Å². The molecule has 1 N–H and O–H groups in total. The second-order valence-corrected chi connectivity index (χ2v) is 4.39. The first kappa shape index (κ1) is 17.4. The minimum absolute atomic E-state index is 0.0648. The van der Waals surface area contributed by atoms with Crippen molar-refractivity contribution in [1.29, 1.82) is 0 Å². The Labute approximate surface area is 110 Å². The molecule has 0 aliphatic carbocycles. The highest BCUT2D eigenvalue weighted by Gasteiger charge is 2.01. The lowest BCUT2D eigenvalue weighted by Crippen LogP contribution is -2.29. The zero-order valence-corrected chi connectivity index (χ0v) is 11.9. The van der Waals surface area contributed by atoms with Gasteiger partial charge in [-0.3, -0.25) is 4.79 Å². The van der Waals surface area contributed by atoms with Gasteiger partial charge < -0.3 is 19.5 Å². The second kappa shape index (κ2) is 12.8. The van der Waals surface area contributed by atoms with Crippen molar-refractivity contribution >= 4 is 5.91 Å². The van der Waals surface area contributed by atoms with Crippen LogP contribution in [0.4, 0.5) is 0 Å². The molecule has 0 heterocycles. The zero-order chi connectivity index (χ0) is 13.6. The Bertz CT molecular complexity index is 197. The van der Waals surface area contributed by atoms with E-state index in [-0.39, 0.29) is 12.5 Å². The number of hydrogen-bond acceptors (Lipinski definition) is 4. The van der Waals surface area contributed by atoms with E-state index in [4.69, 9.17) is 14.2 Å².